The van der Waals surface area contributed by atoms with Crippen LogP contribution in [0.5, 0.6) is 0 Å². The van der Waals surface area contributed by atoms with E-state index in [1.165, 1.54) is 60.7 Å². The third-order valence-electron chi connectivity index (χ3n) is 9.52. The lowest BCUT2D eigenvalue weighted by Gasteiger charge is -2.56. The van der Waals surface area contributed by atoms with E-state index in [2.05, 4.69) is 0 Å². The van der Waals surface area contributed by atoms with Crippen molar-refractivity contribution in [3.8, 4) is 18.2 Å². The second-order valence-electron chi connectivity index (χ2n) is 11.5. The van der Waals surface area contributed by atoms with Gasteiger partial charge < -0.3 is 5.11 Å². The van der Waals surface area contributed by atoms with Crippen molar-refractivity contribution in [3.05, 3.63) is 146 Å². The van der Waals surface area contributed by atoms with Gasteiger partial charge in [-0.1, -0.05) is 84.9 Å². The van der Waals surface area contributed by atoms with Gasteiger partial charge in [0.1, 0.15) is 5.84 Å². The lowest BCUT2D eigenvalue weighted by molar-refractivity contribution is -0.386. The Morgan fingerprint density at radius 1 is 0.708 bits per heavy atom. The Balaban J connectivity index is 1.88. The molecule has 13 nitrogen and oxygen atoms in total. The zero-order chi connectivity index (χ0) is 34.4. The molecule has 1 saturated carbocycles. The van der Waals surface area contributed by atoms with Crippen LogP contribution < -0.4 is 4.90 Å². The molecule has 1 saturated heterocycles. The number of amides is 1. The molecule has 1 heterocycles. The molecule has 4 aromatic rings. The van der Waals surface area contributed by atoms with Crippen molar-refractivity contribution in [1.29, 1.82) is 21.2 Å². The van der Waals surface area contributed by atoms with Crippen molar-refractivity contribution >= 4 is 28.8 Å². The van der Waals surface area contributed by atoms with Crippen molar-refractivity contribution in [2.24, 2.45) is 10.8 Å². The molecule has 2 aliphatic rings. The SMILES string of the molecule is N#CC1(C#N)[C@@H](c2ccccc2[N+](=O)[O-])[C@]2(C#N)C(=N)N(c3ccccc3)C(=O)[C@]2(O)[C@@H](c2ccccc2)[C@@H]1c1ccccc1[N+](=O)[O-]. The molecule has 48 heavy (non-hydrogen) atoms. The molecule has 0 aromatic heterocycles. The number of aliphatic hydroxyl groups is 1. The molecule has 1 amide bonds. The Kier molecular flexibility index (Phi) is 7.32. The minimum absolute atomic E-state index is 0.0693. The Morgan fingerprint density at radius 3 is 1.71 bits per heavy atom. The number of nitrogens with one attached hydrogen (secondary N) is 1. The van der Waals surface area contributed by atoms with E-state index in [0.29, 0.717) is 0 Å². The largest absolute Gasteiger partial charge is 0.377 e. The summed E-state index contributed by atoms with van der Waals surface area (Å²) in [5.74, 6) is -7.54. The van der Waals surface area contributed by atoms with Crippen LogP contribution in [0.15, 0.2) is 109 Å². The number of nitriles is 3. The molecule has 1 aliphatic heterocycles. The zero-order valence-corrected chi connectivity index (χ0v) is 24.8. The highest BCUT2D eigenvalue weighted by atomic mass is 16.6. The number of amidine groups is 1. The first-order valence-corrected chi connectivity index (χ1v) is 14.5. The Hall–Kier alpha value is -6.75. The maximum atomic E-state index is 14.9. The highest BCUT2D eigenvalue weighted by molar-refractivity contribution is 6.29. The lowest BCUT2D eigenvalue weighted by atomic mass is 9.40. The van der Waals surface area contributed by atoms with Gasteiger partial charge in [-0.05, 0) is 17.7 Å². The number of rotatable bonds is 6. The van der Waals surface area contributed by atoms with Gasteiger partial charge in [-0.3, -0.25) is 35.3 Å². The predicted octanol–water partition coefficient (Wildman–Crippen LogP) is 5.47. The van der Waals surface area contributed by atoms with Gasteiger partial charge in [0.2, 0.25) is 0 Å². The van der Waals surface area contributed by atoms with Crippen LogP contribution in [0.4, 0.5) is 17.1 Å². The van der Waals surface area contributed by atoms with Crippen LogP contribution in [0.3, 0.4) is 0 Å². The average Bonchev–Trinajstić information content (AvgIpc) is 3.28. The summed E-state index contributed by atoms with van der Waals surface area (Å²) in [5, 5.41) is 81.5. The van der Waals surface area contributed by atoms with E-state index in [0.717, 1.165) is 17.0 Å². The second-order valence-corrected chi connectivity index (χ2v) is 11.5. The predicted molar refractivity (Wildman–Crippen MR) is 169 cm³/mol. The van der Waals surface area contributed by atoms with Gasteiger partial charge in [-0.15, -0.1) is 0 Å². The first-order valence-electron chi connectivity index (χ1n) is 14.5. The van der Waals surface area contributed by atoms with Gasteiger partial charge in [-0.2, -0.15) is 15.8 Å². The minimum Gasteiger partial charge on any atom is -0.377 e. The summed E-state index contributed by atoms with van der Waals surface area (Å²) in [5.41, 5.74) is -10.1. The Bertz CT molecular complexity index is 2120. The summed E-state index contributed by atoms with van der Waals surface area (Å²) in [7, 11) is 0. The van der Waals surface area contributed by atoms with Crippen molar-refractivity contribution < 1.29 is 19.7 Å². The average molecular weight is 638 g/mol. The Morgan fingerprint density at radius 2 is 1.19 bits per heavy atom. The number of nitro groups is 2. The molecule has 0 radical (unpaired) electrons. The standard InChI is InChI=1S/C35H23N7O6/c36-19-33(20-37)29(24-15-7-9-17-26(24)41(45)46)28(22-11-3-1-4-12-22)35(44)32(43)40(23-13-5-2-6-14-23)31(39)34(35,21-38)30(33)25-16-8-10-18-27(25)42(47)48/h1-18,28-30,39,44H/t28-,29-,30+,34+,35+/m0/s1. The van der Waals surface area contributed by atoms with Gasteiger partial charge in [0.15, 0.2) is 16.4 Å². The molecule has 1 aliphatic carbocycles. The van der Waals surface area contributed by atoms with Crippen LogP contribution in [-0.4, -0.2) is 32.3 Å². The van der Waals surface area contributed by atoms with E-state index in [1.54, 1.807) is 36.4 Å². The number of hydrogen-bond donors (Lipinski definition) is 2. The fourth-order valence-corrected chi connectivity index (χ4v) is 7.69. The van der Waals surface area contributed by atoms with Crippen LogP contribution in [0.1, 0.15) is 34.4 Å². The number of carbonyl (C=O) groups excluding carboxylic acids is 1. The number of fused-ring (bicyclic) bond motifs is 1. The number of carbonyl (C=O) groups is 1. The zero-order valence-electron chi connectivity index (χ0n) is 24.8. The fourth-order valence-electron chi connectivity index (χ4n) is 7.69. The third-order valence-corrected chi connectivity index (χ3v) is 9.52. The van der Waals surface area contributed by atoms with Gasteiger partial charge in [0.25, 0.3) is 17.3 Å². The summed E-state index contributed by atoms with van der Waals surface area (Å²) in [6.45, 7) is 0. The van der Waals surface area contributed by atoms with Crippen molar-refractivity contribution in [3.63, 3.8) is 0 Å². The molecular weight excluding hydrogens is 614 g/mol. The second kappa shape index (κ2) is 11.2. The van der Waals surface area contributed by atoms with Crippen LogP contribution in [-0.2, 0) is 4.79 Å². The van der Waals surface area contributed by atoms with E-state index in [4.69, 9.17) is 0 Å². The summed E-state index contributed by atoms with van der Waals surface area (Å²) in [6, 6.07) is 31.5. The number of anilines is 1. The smallest absolute Gasteiger partial charge is 0.273 e. The molecule has 0 bridgehead atoms. The molecule has 234 valence electrons. The van der Waals surface area contributed by atoms with Crippen LogP contribution in [0, 0.1) is 70.5 Å². The van der Waals surface area contributed by atoms with Crippen molar-refractivity contribution in [2.45, 2.75) is 23.4 Å². The first-order chi connectivity index (χ1) is 23.1. The molecule has 2 N–H and O–H groups in total. The Labute approximate surface area is 272 Å². The maximum absolute atomic E-state index is 14.9. The fraction of sp³-hybridized carbons (Fsp3) is 0.171. The molecule has 0 unspecified atom stereocenters. The summed E-state index contributed by atoms with van der Waals surface area (Å²) in [4.78, 5) is 39.2. The topological polar surface area (TPSA) is 222 Å². The quantitative estimate of drug-likeness (QED) is 0.202. The normalized spacial score (nSPS) is 25.6. The highest BCUT2D eigenvalue weighted by Crippen LogP contribution is 2.73. The monoisotopic (exact) mass is 637 g/mol. The van der Waals surface area contributed by atoms with Crippen LogP contribution in [0.25, 0.3) is 0 Å². The number of nitro benzene ring substituents is 2. The summed E-state index contributed by atoms with van der Waals surface area (Å²) >= 11 is 0. The third kappa shape index (κ3) is 3.91. The summed E-state index contributed by atoms with van der Waals surface area (Å²) < 4.78 is 0. The first kappa shape index (κ1) is 31.2. The van der Waals surface area contributed by atoms with Gasteiger partial charge in [-0.25, -0.2) is 0 Å². The van der Waals surface area contributed by atoms with Gasteiger partial charge in [0.05, 0.1) is 39.7 Å². The van der Waals surface area contributed by atoms with Crippen LogP contribution >= 0.6 is 0 Å². The van der Waals surface area contributed by atoms with Crippen molar-refractivity contribution in [1.82, 2.24) is 0 Å². The van der Waals surface area contributed by atoms with E-state index < -0.39 is 67.1 Å². The van der Waals surface area contributed by atoms with E-state index in [1.807, 2.05) is 18.2 Å². The van der Waals surface area contributed by atoms with Crippen LogP contribution in [0.2, 0.25) is 0 Å². The number of benzene rings is 4. The minimum atomic E-state index is -3.02. The van der Waals surface area contributed by atoms with E-state index >= 15 is 0 Å². The number of para-hydroxylation sites is 3. The van der Waals surface area contributed by atoms with E-state index in [-0.39, 0.29) is 22.4 Å². The molecule has 13 heteroatoms. The van der Waals surface area contributed by atoms with Gasteiger partial charge >= 0.3 is 0 Å². The molecule has 6 rings (SSSR count). The molecule has 5 atom stereocenters. The van der Waals surface area contributed by atoms with Crippen molar-refractivity contribution in [2.75, 3.05) is 4.90 Å². The molecule has 0 spiro atoms. The molecule has 2 fully saturated rings. The van der Waals surface area contributed by atoms with Gasteiger partial charge in [0, 0.05) is 35.1 Å². The lowest BCUT2D eigenvalue weighted by Crippen LogP contribution is -2.67. The number of nitrogens with zero attached hydrogens (tertiary/aromatic N) is 6. The molecular formula is C35H23N7O6. The highest BCUT2D eigenvalue weighted by Gasteiger charge is 2.83. The van der Waals surface area contributed by atoms with E-state index in [9.17, 15) is 51.3 Å². The number of hydrogen-bond acceptors (Lipinski definition) is 10. The summed E-state index contributed by atoms with van der Waals surface area (Å²) in [6.07, 6.45) is 0. The molecule has 4 aromatic carbocycles. The maximum Gasteiger partial charge on any atom is 0.273 e.